The Morgan fingerprint density at radius 3 is 2.58 bits per heavy atom. The molecule has 3 heterocycles. The number of halogens is 1. The molecule has 0 saturated heterocycles. The van der Waals surface area contributed by atoms with Gasteiger partial charge in [0, 0.05) is 5.69 Å². The van der Waals surface area contributed by atoms with E-state index in [4.69, 9.17) is 20.8 Å². The van der Waals surface area contributed by atoms with E-state index in [2.05, 4.69) is 71.4 Å². The Balaban J connectivity index is 2.19. The number of aromatic nitrogens is 5. The Morgan fingerprint density at radius 2 is 1.94 bits per heavy atom. The Labute approximate surface area is 188 Å². The Hall–Kier alpha value is -2.83. The number of hydrogen-bond donors (Lipinski definition) is 1. The van der Waals surface area contributed by atoms with Crippen molar-refractivity contribution in [2.75, 3.05) is 11.9 Å². The van der Waals surface area contributed by atoms with Gasteiger partial charge in [-0.25, -0.2) is 9.97 Å². The summed E-state index contributed by atoms with van der Waals surface area (Å²) in [6, 6.07) is 8.54. The summed E-state index contributed by atoms with van der Waals surface area (Å²) in [6.07, 6.45) is 2.64. The maximum absolute atomic E-state index is 6.45. The number of aryl methyl sites for hydroxylation is 1. The quantitative estimate of drug-likeness (QED) is 0.322. The van der Waals surface area contributed by atoms with Crippen LogP contribution in [0.15, 0.2) is 18.2 Å². The van der Waals surface area contributed by atoms with Crippen molar-refractivity contribution in [3.63, 3.8) is 0 Å². The molecule has 31 heavy (non-hydrogen) atoms. The summed E-state index contributed by atoms with van der Waals surface area (Å²) >= 11 is 6.27. The zero-order valence-electron chi connectivity index (χ0n) is 18.9. The van der Waals surface area contributed by atoms with Crippen LogP contribution in [0.2, 0.25) is 23.4 Å². The van der Waals surface area contributed by atoms with Crippen molar-refractivity contribution in [1.29, 1.82) is 0 Å². The SMILES string of the molecule is CCOC#Cn1nc(O[Si](C)(C)C(C)(C)C)c2nc(Cl)nc(Nc3cccc(C)n3)c21. The molecule has 1 N–H and O–H groups in total. The monoisotopic (exact) mass is 458 g/mol. The summed E-state index contributed by atoms with van der Waals surface area (Å²) in [5.41, 5.74) is 1.88. The lowest BCUT2D eigenvalue weighted by Gasteiger charge is -2.35. The van der Waals surface area contributed by atoms with E-state index < -0.39 is 8.32 Å². The molecular weight excluding hydrogens is 432 g/mol. The highest BCUT2D eigenvalue weighted by molar-refractivity contribution is 6.74. The Bertz CT molecular complexity index is 1160. The van der Waals surface area contributed by atoms with Crippen molar-refractivity contribution in [3.05, 3.63) is 29.2 Å². The van der Waals surface area contributed by atoms with E-state index in [-0.39, 0.29) is 10.3 Å². The number of fused-ring (bicyclic) bond motifs is 1. The number of rotatable bonds is 5. The number of nitrogens with one attached hydrogen (secondary N) is 1. The molecule has 8 nitrogen and oxygen atoms in total. The van der Waals surface area contributed by atoms with Crippen LogP contribution in [0.1, 0.15) is 33.4 Å². The second-order valence-electron chi connectivity index (χ2n) is 8.55. The first-order valence-corrected chi connectivity index (χ1v) is 13.3. The van der Waals surface area contributed by atoms with Gasteiger partial charge in [-0.05, 0) is 55.7 Å². The molecule has 0 saturated carbocycles. The second-order valence-corrected chi connectivity index (χ2v) is 13.6. The predicted molar refractivity (Wildman–Crippen MR) is 125 cm³/mol. The van der Waals surface area contributed by atoms with E-state index in [0.717, 1.165) is 5.69 Å². The molecule has 0 amide bonds. The van der Waals surface area contributed by atoms with Crippen LogP contribution in [0.5, 0.6) is 5.88 Å². The van der Waals surface area contributed by atoms with Gasteiger partial charge in [0.05, 0.1) is 12.7 Å². The maximum atomic E-state index is 6.45. The summed E-state index contributed by atoms with van der Waals surface area (Å²) < 4.78 is 13.1. The molecular formula is C21H27ClN6O2Si. The highest BCUT2D eigenvalue weighted by Gasteiger charge is 2.40. The molecule has 3 aromatic heterocycles. The molecule has 164 valence electrons. The van der Waals surface area contributed by atoms with Crippen LogP contribution in [0.3, 0.4) is 0 Å². The van der Waals surface area contributed by atoms with Crippen molar-refractivity contribution in [2.24, 2.45) is 0 Å². The molecule has 0 atom stereocenters. The van der Waals surface area contributed by atoms with Crippen molar-refractivity contribution >= 4 is 42.6 Å². The molecule has 3 rings (SSSR count). The van der Waals surface area contributed by atoms with E-state index in [1.54, 1.807) is 0 Å². The summed E-state index contributed by atoms with van der Waals surface area (Å²) in [7, 11) is -2.20. The number of anilines is 2. The molecule has 0 fully saturated rings. The van der Waals surface area contributed by atoms with Crippen LogP contribution in [0, 0.1) is 19.1 Å². The second kappa shape index (κ2) is 8.73. The van der Waals surface area contributed by atoms with E-state index in [9.17, 15) is 0 Å². The molecule has 0 spiro atoms. The summed E-state index contributed by atoms with van der Waals surface area (Å²) in [5, 5.41) is 7.83. The van der Waals surface area contributed by atoms with Crippen molar-refractivity contribution in [1.82, 2.24) is 24.7 Å². The average Bonchev–Trinajstić information content (AvgIpc) is 2.98. The minimum absolute atomic E-state index is 0.0243. The van der Waals surface area contributed by atoms with E-state index in [0.29, 0.717) is 35.2 Å². The van der Waals surface area contributed by atoms with Crippen LogP contribution in [-0.4, -0.2) is 39.7 Å². The van der Waals surface area contributed by atoms with Crippen molar-refractivity contribution < 1.29 is 9.16 Å². The van der Waals surface area contributed by atoms with Crippen LogP contribution in [-0.2, 0) is 4.74 Å². The van der Waals surface area contributed by atoms with Gasteiger partial charge in [-0.3, -0.25) is 0 Å². The van der Waals surface area contributed by atoms with Crippen molar-refractivity contribution in [3.8, 4) is 18.0 Å². The molecule has 10 heteroatoms. The van der Waals surface area contributed by atoms with E-state index in [1.165, 1.54) is 4.68 Å². The first kappa shape index (κ1) is 22.8. The fourth-order valence-corrected chi connectivity index (χ4v) is 3.57. The minimum atomic E-state index is -2.20. The standard InChI is InChI=1S/C21H27ClN6O2Si/c1-8-29-13-12-28-17-16(19(27-28)30-31(6,7)21(3,4)5)25-20(22)26-18(17)24-15-11-9-10-14(2)23-15/h9-11H,8H2,1-7H3,(H,23,24,25,26). The van der Waals surface area contributed by atoms with Gasteiger partial charge in [0.1, 0.15) is 17.4 Å². The van der Waals surface area contributed by atoms with Crippen LogP contribution in [0.25, 0.3) is 11.0 Å². The lowest BCUT2D eigenvalue weighted by molar-refractivity contribution is 0.298. The van der Waals surface area contributed by atoms with Crippen LogP contribution >= 0.6 is 11.6 Å². The normalized spacial score (nSPS) is 11.7. The van der Waals surface area contributed by atoms with Gasteiger partial charge in [-0.2, -0.15) is 9.67 Å². The molecule has 0 aliphatic rings. The lowest BCUT2D eigenvalue weighted by Crippen LogP contribution is -2.44. The third kappa shape index (κ3) is 5.09. The van der Waals surface area contributed by atoms with Crippen LogP contribution < -0.4 is 9.74 Å². The first-order chi connectivity index (χ1) is 14.5. The number of pyridine rings is 1. The largest absolute Gasteiger partial charge is 0.528 e. The molecule has 0 aromatic carbocycles. The zero-order valence-corrected chi connectivity index (χ0v) is 20.6. The van der Waals surface area contributed by atoms with Gasteiger partial charge in [-0.1, -0.05) is 26.8 Å². The third-order valence-corrected chi connectivity index (χ3v) is 9.61. The number of hydrogen-bond acceptors (Lipinski definition) is 7. The lowest BCUT2D eigenvalue weighted by atomic mass is 10.2. The van der Waals surface area contributed by atoms with Gasteiger partial charge in [0.2, 0.25) is 11.2 Å². The minimum Gasteiger partial charge on any atom is -0.528 e. The Morgan fingerprint density at radius 1 is 1.19 bits per heavy atom. The average molecular weight is 459 g/mol. The maximum Gasteiger partial charge on any atom is 0.252 e. The topological polar surface area (TPSA) is 87.0 Å². The summed E-state index contributed by atoms with van der Waals surface area (Å²) in [4.78, 5) is 13.3. The first-order valence-electron chi connectivity index (χ1n) is 10.0. The molecule has 3 aromatic rings. The molecule has 0 unspecified atom stereocenters. The van der Waals surface area contributed by atoms with Gasteiger partial charge in [0.25, 0.3) is 8.32 Å². The van der Waals surface area contributed by atoms with E-state index >= 15 is 0 Å². The zero-order chi connectivity index (χ0) is 22.8. The summed E-state index contributed by atoms with van der Waals surface area (Å²) in [6.45, 7) is 15.0. The number of ether oxygens (including phenoxy) is 1. The third-order valence-electron chi connectivity index (χ3n) is 5.12. The van der Waals surface area contributed by atoms with Gasteiger partial charge in [-0.15, -0.1) is 5.10 Å². The highest BCUT2D eigenvalue weighted by atomic mass is 35.5. The molecule has 0 radical (unpaired) electrons. The highest BCUT2D eigenvalue weighted by Crippen LogP contribution is 2.39. The van der Waals surface area contributed by atoms with Crippen molar-refractivity contribution in [2.45, 2.75) is 52.8 Å². The fourth-order valence-electron chi connectivity index (χ4n) is 2.48. The molecule has 0 bridgehead atoms. The van der Waals surface area contributed by atoms with E-state index in [1.807, 2.05) is 32.0 Å². The predicted octanol–water partition coefficient (Wildman–Crippen LogP) is 5.11. The smallest absolute Gasteiger partial charge is 0.252 e. The summed E-state index contributed by atoms with van der Waals surface area (Å²) in [5.74, 6) is 1.42. The van der Waals surface area contributed by atoms with Gasteiger partial charge >= 0.3 is 0 Å². The van der Waals surface area contributed by atoms with Gasteiger partial charge < -0.3 is 14.5 Å². The fraction of sp³-hybridized carbons (Fsp3) is 0.429. The van der Waals surface area contributed by atoms with Gasteiger partial charge in [0.15, 0.2) is 11.3 Å². The number of nitrogens with zero attached hydrogens (tertiary/aromatic N) is 5. The Kier molecular flexibility index (Phi) is 6.43. The van der Waals surface area contributed by atoms with Crippen LogP contribution in [0.4, 0.5) is 11.6 Å². The molecule has 0 aliphatic heterocycles. The molecule has 0 aliphatic carbocycles.